The monoisotopic (exact) mass is 362 g/mol. The van der Waals surface area contributed by atoms with E-state index >= 15 is 0 Å². The third kappa shape index (κ3) is 4.16. The second kappa shape index (κ2) is 8.03. The highest BCUT2D eigenvalue weighted by Gasteiger charge is 2.17. The number of aromatic nitrogens is 2. The maximum Gasteiger partial charge on any atom is 0.247 e. The van der Waals surface area contributed by atoms with Gasteiger partial charge in [0, 0.05) is 31.5 Å². The van der Waals surface area contributed by atoms with Gasteiger partial charge in [-0.1, -0.05) is 30.3 Å². The van der Waals surface area contributed by atoms with Crippen LogP contribution in [0.15, 0.2) is 59.0 Å². The molecule has 2 aromatic carbocycles. The zero-order valence-corrected chi connectivity index (χ0v) is 15.1. The Morgan fingerprint density at radius 3 is 2.56 bits per heavy atom. The Morgan fingerprint density at radius 2 is 1.74 bits per heavy atom. The molecule has 0 bridgehead atoms. The lowest BCUT2D eigenvalue weighted by atomic mass is 10.2. The second-order valence-corrected chi connectivity index (χ2v) is 6.63. The van der Waals surface area contributed by atoms with E-state index in [1.165, 1.54) is 12.8 Å². The van der Waals surface area contributed by atoms with Crippen LogP contribution in [0.1, 0.15) is 25.2 Å². The van der Waals surface area contributed by atoms with Crippen LogP contribution in [0.4, 0.5) is 11.4 Å². The highest BCUT2D eigenvalue weighted by molar-refractivity contribution is 5.94. The number of carbonyl (C=O) groups excluding carboxylic acids is 1. The number of rotatable bonds is 6. The summed E-state index contributed by atoms with van der Waals surface area (Å²) in [5.41, 5.74) is 2.83. The number of hydrogen-bond acceptors (Lipinski definition) is 5. The molecule has 4 rings (SSSR count). The molecule has 0 atom stereocenters. The number of benzene rings is 2. The van der Waals surface area contributed by atoms with Crippen LogP contribution >= 0.6 is 0 Å². The van der Waals surface area contributed by atoms with Crippen LogP contribution in [0.2, 0.25) is 0 Å². The molecule has 1 N–H and O–H groups in total. The van der Waals surface area contributed by atoms with Gasteiger partial charge in [-0.3, -0.25) is 4.79 Å². The fraction of sp³-hybridized carbons (Fsp3) is 0.286. The number of aryl methyl sites for hydroxylation is 1. The zero-order valence-electron chi connectivity index (χ0n) is 15.1. The van der Waals surface area contributed by atoms with Crippen LogP contribution in [-0.4, -0.2) is 29.2 Å². The van der Waals surface area contributed by atoms with Crippen molar-refractivity contribution in [2.75, 3.05) is 23.3 Å². The van der Waals surface area contributed by atoms with Crippen molar-refractivity contribution >= 4 is 17.3 Å². The van der Waals surface area contributed by atoms with E-state index in [2.05, 4.69) is 26.5 Å². The van der Waals surface area contributed by atoms with Gasteiger partial charge in [-0.15, -0.1) is 10.2 Å². The highest BCUT2D eigenvalue weighted by Crippen LogP contribution is 2.28. The fourth-order valence-corrected chi connectivity index (χ4v) is 3.30. The molecule has 0 radical (unpaired) electrons. The lowest BCUT2D eigenvalue weighted by Crippen LogP contribution is -2.21. The van der Waals surface area contributed by atoms with Crippen LogP contribution < -0.4 is 10.2 Å². The summed E-state index contributed by atoms with van der Waals surface area (Å²) in [6.45, 7) is 2.08. The van der Waals surface area contributed by atoms with E-state index in [1.54, 1.807) is 0 Å². The summed E-state index contributed by atoms with van der Waals surface area (Å²) in [5.74, 6) is 0.892. The van der Waals surface area contributed by atoms with Gasteiger partial charge in [0.15, 0.2) is 0 Å². The SMILES string of the molecule is O=C(CCc1nnc(-c2ccccc2)o1)Nc1ccccc1N1CCCC1. The van der Waals surface area contributed by atoms with Gasteiger partial charge >= 0.3 is 0 Å². The molecule has 0 aliphatic carbocycles. The number of hydrogen-bond donors (Lipinski definition) is 1. The quantitative estimate of drug-likeness (QED) is 0.720. The molecular formula is C21H22N4O2. The van der Waals surface area contributed by atoms with Crippen molar-refractivity contribution in [3.63, 3.8) is 0 Å². The third-order valence-electron chi connectivity index (χ3n) is 4.68. The van der Waals surface area contributed by atoms with E-state index in [9.17, 15) is 4.79 Å². The van der Waals surface area contributed by atoms with Crippen molar-refractivity contribution in [3.05, 3.63) is 60.5 Å². The Labute approximate surface area is 158 Å². The van der Waals surface area contributed by atoms with E-state index in [4.69, 9.17) is 4.42 Å². The standard InChI is InChI=1S/C21H22N4O2/c26-19(22-17-10-4-5-11-18(17)25-14-6-7-15-25)12-13-20-23-24-21(27-20)16-8-2-1-3-9-16/h1-5,8-11H,6-7,12-15H2,(H,22,26). The summed E-state index contributed by atoms with van der Waals surface area (Å²) in [6, 6.07) is 17.6. The topological polar surface area (TPSA) is 71.3 Å². The van der Waals surface area contributed by atoms with Gasteiger partial charge in [-0.25, -0.2) is 0 Å². The predicted octanol–water partition coefficient (Wildman–Crippen LogP) is 3.91. The molecule has 1 aliphatic heterocycles. The second-order valence-electron chi connectivity index (χ2n) is 6.63. The average Bonchev–Trinajstić information content (AvgIpc) is 3.40. The Morgan fingerprint density at radius 1 is 1.00 bits per heavy atom. The minimum atomic E-state index is -0.0545. The molecular weight excluding hydrogens is 340 g/mol. The maximum absolute atomic E-state index is 12.4. The molecule has 0 unspecified atom stereocenters. The van der Waals surface area contributed by atoms with Gasteiger partial charge in [-0.2, -0.15) is 0 Å². The van der Waals surface area contributed by atoms with E-state index in [0.717, 1.165) is 30.0 Å². The van der Waals surface area contributed by atoms with Crippen molar-refractivity contribution < 1.29 is 9.21 Å². The van der Waals surface area contributed by atoms with Crippen molar-refractivity contribution in [3.8, 4) is 11.5 Å². The van der Waals surface area contributed by atoms with Crippen molar-refractivity contribution in [2.45, 2.75) is 25.7 Å². The molecule has 138 valence electrons. The first-order valence-corrected chi connectivity index (χ1v) is 9.31. The molecule has 1 aliphatic rings. The molecule has 0 spiro atoms. The largest absolute Gasteiger partial charge is 0.421 e. The Bertz CT molecular complexity index is 901. The van der Waals surface area contributed by atoms with E-state index in [0.29, 0.717) is 24.6 Å². The summed E-state index contributed by atoms with van der Waals surface area (Å²) in [6.07, 6.45) is 3.11. The average molecular weight is 362 g/mol. The van der Waals surface area contributed by atoms with Crippen LogP contribution in [-0.2, 0) is 11.2 Å². The van der Waals surface area contributed by atoms with Crippen molar-refractivity contribution in [1.29, 1.82) is 0 Å². The van der Waals surface area contributed by atoms with Crippen LogP contribution in [0.3, 0.4) is 0 Å². The normalized spacial score (nSPS) is 13.7. The molecule has 6 nitrogen and oxygen atoms in total. The Kier molecular flexibility index (Phi) is 5.14. The molecule has 6 heteroatoms. The van der Waals surface area contributed by atoms with Gasteiger partial charge in [0.2, 0.25) is 17.7 Å². The number of carbonyl (C=O) groups is 1. The number of anilines is 2. The predicted molar refractivity (Wildman–Crippen MR) is 105 cm³/mol. The highest BCUT2D eigenvalue weighted by atomic mass is 16.4. The smallest absolute Gasteiger partial charge is 0.247 e. The number of amides is 1. The summed E-state index contributed by atoms with van der Waals surface area (Å²) >= 11 is 0. The van der Waals surface area contributed by atoms with Gasteiger partial charge in [0.05, 0.1) is 11.4 Å². The van der Waals surface area contributed by atoms with Gasteiger partial charge in [0.1, 0.15) is 0 Å². The molecule has 1 amide bonds. The number of nitrogens with zero attached hydrogens (tertiary/aromatic N) is 3. The van der Waals surface area contributed by atoms with E-state index in [-0.39, 0.29) is 5.91 Å². The maximum atomic E-state index is 12.4. The fourth-order valence-electron chi connectivity index (χ4n) is 3.30. The Balaban J connectivity index is 1.36. The van der Waals surface area contributed by atoms with E-state index < -0.39 is 0 Å². The molecule has 2 heterocycles. The summed E-state index contributed by atoms with van der Waals surface area (Å²) in [7, 11) is 0. The molecule has 1 aromatic heterocycles. The van der Waals surface area contributed by atoms with Crippen LogP contribution in [0.25, 0.3) is 11.5 Å². The Hall–Kier alpha value is -3.15. The molecule has 0 saturated carbocycles. The van der Waals surface area contributed by atoms with Crippen molar-refractivity contribution in [1.82, 2.24) is 10.2 Å². The minimum absolute atomic E-state index is 0.0545. The molecule has 27 heavy (non-hydrogen) atoms. The van der Waals surface area contributed by atoms with Gasteiger partial charge in [-0.05, 0) is 37.1 Å². The molecule has 3 aromatic rings. The molecule has 1 fully saturated rings. The number of para-hydroxylation sites is 2. The van der Waals surface area contributed by atoms with Gasteiger partial charge < -0.3 is 14.6 Å². The number of nitrogens with one attached hydrogen (secondary N) is 1. The molecule has 1 saturated heterocycles. The first-order valence-electron chi connectivity index (χ1n) is 9.31. The minimum Gasteiger partial charge on any atom is -0.421 e. The lowest BCUT2D eigenvalue weighted by molar-refractivity contribution is -0.116. The summed E-state index contributed by atoms with van der Waals surface area (Å²) in [5, 5.41) is 11.1. The summed E-state index contributed by atoms with van der Waals surface area (Å²) < 4.78 is 5.66. The van der Waals surface area contributed by atoms with Crippen LogP contribution in [0, 0.1) is 0 Å². The first-order chi connectivity index (χ1) is 13.3. The van der Waals surface area contributed by atoms with Crippen LogP contribution in [0.5, 0.6) is 0 Å². The zero-order chi connectivity index (χ0) is 18.5. The first kappa shape index (κ1) is 17.3. The lowest BCUT2D eigenvalue weighted by Gasteiger charge is -2.21. The van der Waals surface area contributed by atoms with Gasteiger partial charge in [0.25, 0.3) is 0 Å². The van der Waals surface area contributed by atoms with Crippen molar-refractivity contribution in [2.24, 2.45) is 0 Å². The summed E-state index contributed by atoms with van der Waals surface area (Å²) in [4.78, 5) is 14.7. The third-order valence-corrected chi connectivity index (χ3v) is 4.68. The van der Waals surface area contributed by atoms with E-state index in [1.807, 2.05) is 48.5 Å².